The van der Waals surface area contributed by atoms with Crippen LogP contribution in [0.25, 0.3) is 11.1 Å². The summed E-state index contributed by atoms with van der Waals surface area (Å²) in [4.78, 5) is 28.7. The maximum Gasteiger partial charge on any atom is 0.405 e. The zero-order chi connectivity index (χ0) is 29.9. The van der Waals surface area contributed by atoms with E-state index in [1.807, 2.05) is 80.6 Å². The standard InChI is InChI=1S/C34H38F3N3O2/c1-23-13-14-25(21-24(23)2)31(41)39-26-15-19-40(20-16-26)18-8-7-17-33(32(42)38-22-34(35,36)37)29-11-5-3-9-27(29)28-10-4-6-12-30(28)33/h3-6,9-14,21,26H,7-8,15-20,22H2,1-2H3,(H,38,42)(H,39,41). The van der Waals surface area contributed by atoms with Gasteiger partial charge in [-0.05, 0) is 91.6 Å². The molecular weight excluding hydrogens is 539 g/mol. The Balaban J connectivity index is 1.20. The third-order valence-corrected chi connectivity index (χ3v) is 8.87. The van der Waals surface area contributed by atoms with Crippen molar-refractivity contribution in [2.75, 3.05) is 26.2 Å². The third-order valence-electron chi connectivity index (χ3n) is 8.87. The van der Waals surface area contributed by atoms with Crippen molar-refractivity contribution < 1.29 is 22.8 Å². The van der Waals surface area contributed by atoms with Gasteiger partial charge in [-0.3, -0.25) is 9.59 Å². The van der Waals surface area contributed by atoms with Gasteiger partial charge < -0.3 is 15.5 Å². The topological polar surface area (TPSA) is 61.4 Å². The van der Waals surface area contributed by atoms with Gasteiger partial charge in [0.1, 0.15) is 12.0 Å². The number of rotatable bonds is 9. The number of piperidine rings is 1. The van der Waals surface area contributed by atoms with Crippen molar-refractivity contribution in [3.63, 3.8) is 0 Å². The van der Waals surface area contributed by atoms with Crippen molar-refractivity contribution in [3.05, 3.63) is 94.5 Å². The average Bonchev–Trinajstić information content (AvgIpc) is 3.26. The number of alkyl halides is 3. The van der Waals surface area contributed by atoms with E-state index in [0.29, 0.717) is 18.4 Å². The Hall–Kier alpha value is -3.65. The van der Waals surface area contributed by atoms with E-state index in [9.17, 15) is 22.8 Å². The van der Waals surface area contributed by atoms with Gasteiger partial charge in [0.15, 0.2) is 0 Å². The Labute approximate surface area is 245 Å². The Morgan fingerprint density at radius 3 is 2.10 bits per heavy atom. The maximum absolute atomic E-state index is 13.6. The number of hydrogen-bond donors (Lipinski definition) is 2. The lowest BCUT2D eigenvalue weighted by Crippen LogP contribution is -2.47. The van der Waals surface area contributed by atoms with Crippen molar-refractivity contribution in [2.45, 2.75) is 63.6 Å². The van der Waals surface area contributed by atoms with Gasteiger partial charge in [-0.1, -0.05) is 61.0 Å². The van der Waals surface area contributed by atoms with Crippen molar-refractivity contribution >= 4 is 11.8 Å². The summed E-state index contributed by atoms with van der Waals surface area (Å²) < 4.78 is 39.3. The monoisotopic (exact) mass is 577 g/mol. The first-order valence-corrected chi connectivity index (χ1v) is 14.7. The summed E-state index contributed by atoms with van der Waals surface area (Å²) >= 11 is 0. The molecule has 1 aliphatic carbocycles. The lowest BCUT2D eigenvalue weighted by molar-refractivity contribution is -0.141. The van der Waals surface area contributed by atoms with Crippen molar-refractivity contribution in [2.24, 2.45) is 0 Å². The molecule has 1 saturated heterocycles. The number of carbonyl (C=O) groups excluding carboxylic acids is 2. The number of nitrogens with one attached hydrogen (secondary N) is 2. The quantitative estimate of drug-likeness (QED) is 0.293. The first kappa shape index (κ1) is 29.8. The van der Waals surface area contributed by atoms with Gasteiger partial charge >= 0.3 is 6.18 Å². The molecule has 0 aromatic heterocycles. The van der Waals surface area contributed by atoms with Crippen molar-refractivity contribution in [3.8, 4) is 11.1 Å². The molecule has 0 atom stereocenters. The minimum absolute atomic E-state index is 0.0391. The molecule has 1 fully saturated rings. The zero-order valence-electron chi connectivity index (χ0n) is 24.2. The SMILES string of the molecule is Cc1ccc(C(=O)NC2CCN(CCCCC3(C(=O)NCC(F)(F)F)c4ccccc4-c4ccccc43)CC2)cc1C. The molecule has 1 aliphatic heterocycles. The van der Waals surface area contributed by atoms with Crippen molar-refractivity contribution in [1.29, 1.82) is 0 Å². The Morgan fingerprint density at radius 2 is 1.50 bits per heavy atom. The van der Waals surface area contributed by atoms with E-state index in [1.54, 1.807) is 0 Å². The summed E-state index contributed by atoms with van der Waals surface area (Å²) in [5.41, 5.74) is 5.13. The van der Waals surface area contributed by atoms with Crippen LogP contribution in [0.4, 0.5) is 13.2 Å². The van der Waals surface area contributed by atoms with Crippen LogP contribution < -0.4 is 10.6 Å². The third kappa shape index (κ3) is 6.24. The molecule has 0 spiro atoms. The molecule has 0 radical (unpaired) electrons. The van der Waals surface area contributed by atoms with Gasteiger partial charge in [0, 0.05) is 24.7 Å². The fraction of sp³-hybridized carbons (Fsp3) is 0.412. The lowest BCUT2D eigenvalue weighted by atomic mass is 9.73. The maximum atomic E-state index is 13.6. The summed E-state index contributed by atoms with van der Waals surface area (Å²) in [5.74, 6) is -0.639. The predicted octanol–water partition coefficient (Wildman–Crippen LogP) is 6.31. The molecular formula is C34H38F3N3O2. The van der Waals surface area contributed by atoms with E-state index in [2.05, 4.69) is 15.5 Å². The number of carbonyl (C=O) groups is 2. The molecule has 5 rings (SSSR count). The van der Waals surface area contributed by atoms with Crippen LogP contribution in [0.15, 0.2) is 66.7 Å². The first-order chi connectivity index (χ1) is 20.1. The molecule has 42 heavy (non-hydrogen) atoms. The number of nitrogens with zero attached hydrogens (tertiary/aromatic N) is 1. The summed E-state index contributed by atoms with van der Waals surface area (Å²) in [6.07, 6.45) is -0.835. The normalized spacial score (nSPS) is 16.5. The summed E-state index contributed by atoms with van der Waals surface area (Å²) in [7, 11) is 0. The van der Waals surface area contributed by atoms with Crippen molar-refractivity contribution in [1.82, 2.24) is 15.5 Å². The summed E-state index contributed by atoms with van der Waals surface area (Å²) in [6, 6.07) is 21.0. The van der Waals surface area contributed by atoms with Crippen LogP contribution in [-0.4, -0.2) is 55.1 Å². The second-order valence-corrected chi connectivity index (χ2v) is 11.6. The molecule has 0 saturated carbocycles. The van der Waals surface area contributed by atoms with Crippen LogP contribution in [0.3, 0.4) is 0 Å². The molecule has 2 N–H and O–H groups in total. The number of aryl methyl sites for hydroxylation is 2. The number of halogens is 3. The molecule has 5 nitrogen and oxygen atoms in total. The number of fused-ring (bicyclic) bond motifs is 3. The zero-order valence-corrected chi connectivity index (χ0v) is 24.2. The molecule has 222 valence electrons. The highest BCUT2D eigenvalue weighted by molar-refractivity contribution is 6.00. The highest BCUT2D eigenvalue weighted by Crippen LogP contribution is 2.51. The Kier molecular flexibility index (Phi) is 8.73. The largest absolute Gasteiger partial charge is 0.405 e. The fourth-order valence-corrected chi connectivity index (χ4v) is 6.46. The van der Waals surface area contributed by atoms with E-state index in [1.165, 1.54) is 0 Å². The van der Waals surface area contributed by atoms with Crippen LogP contribution >= 0.6 is 0 Å². The second kappa shape index (κ2) is 12.3. The molecule has 0 unspecified atom stereocenters. The molecule has 3 aromatic rings. The minimum Gasteiger partial charge on any atom is -0.349 e. The minimum atomic E-state index is -4.49. The number of hydrogen-bond acceptors (Lipinski definition) is 3. The first-order valence-electron chi connectivity index (χ1n) is 14.7. The molecule has 2 amide bonds. The van der Waals surface area contributed by atoms with E-state index in [0.717, 1.165) is 72.3 Å². The second-order valence-electron chi connectivity index (χ2n) is 11.6. The van der Waals surface area contributed by atoms with Gasteiger partial charge in [-0.2, -0.15) is 13.2 Å². The van der Waals surface area contributed by atoms with Gasteiger partial charge in [-0.15, -0.1) is 0 Å². The number of amides is 2. The highest BCUT2D eigenvalue weighted by atomic mass is 19.4. The van der Waals surface area contributed by atoms with Gasteiger partial charge in [0.2, 0.25) is 5.91 Å². The summed E-state index contributed by atoms with van der Waals surface area (Å²) in [5, 5.41) is 5.38. The van der Waals surface area contributed by atoms with Crippen LogP contribution in [0.1, 0.15) is 64.7 Å². The lowest BCUT2D eigenvalue weighted by Gasteiger charge is -2.33. The molecule has 3 aromatic carbocycles. The predicted molar refractivity (Wildman–Crippen MR) is 158 cm³/mol. The summed E-state index contributed by atoms with van der Waals surface area (Å²) in [6.45, 7) is 5.24. The Morgan fingerprint density at radius 1 is 0.881 bits per heavy atom. The van der Waals surface area contributed by atoms with E-state index >= 15 is 0 Å². The van der Waals surface area contributed by atoms with Crippen LogP contribution in [-0.2, 0) is 10.2 Å². The average molecular weight is 578 g/mol. The smallest absolute Gasteiger partial charge is 0.349 e. The van der Waals surface area contributed by atoms with Crippen LogP contribution in [0.2, 0.25) is 0 Å². The van der Waals surface area contributed by atoms with Gasteiger partial charge in [-0.25, -0.2) is 0 Å². The molecule has 1 heterocycles. The fourth-order valence-electron chi connectivity index (χ4n) is 6.46. The van der Waals surface area contributed by atoms with Gasteiger partial charge in [0.25, 0.3) is 5.91 Å². The highest BCUT2D eigenvalue weighted by Gasteiger charge is 2.49. The van der Waals surface area contributed by atoms with E-state index < -0.39 is 24.0 Å². The molecule has 8 heteroatoms. The number of benzene rings is 3. The van der Waals surface area contributed by atoms with E-state index in [-0.39, 0.29) is 11.9 Å². The van der Waals surface area contributed by atoms with E-state index in [4.69, 9.17) is 0 Å². The molecule has 0 bridgehead atoms. The van der Waals surface area contributed by atoms with Crippen LogP contribution in [0.5, 0.6) is 0 Å². The number of likely N-dealkylation sites (tertiary alicyclic amines) is 1. The number of unbranched alkanes of at least 4 members (excludes halogenated alkanes) is 1. The van der Waals surface area contributed by atoms with Crippen LogP contribution in [0, 0.1) is 13.8 Å². The molecule has 2 aliphatic rings. The Bertz CT molecular complexity index is 1400. The van der Waals surface area contributed by atoms with Gasteiger partial charge in [0.05, 0.1) is 0 Å².